The number of carbonyl (C=O) groups excluding carboxylic acids is 2. The number of rotatable bonds is 5. The maximum absolute atomic E-state index is 12.5. The quantitative estimate of drug-likeness (QED) is 0.804. The van der Waals surface area contributed by atoms with Gasteiger partial charge >= 0.3 is 0 Å². The second-order valence-electron chi connectivity index (χ2n) is 5.22. The lowest BCUT2D eigenvalue weighted by Gasteiger charge is -2.19. The molecule has 0 aromatic heterocycles. The Bertz CT molecular complexity index is 576. The third-order valence-corrected chi connectivity index (χ3v) is 4.34. The Morgan fingerprint density at radius 3 is 2.86 bits per heavy atom. The number of nitrogens with one attached hydrogen (secondary N) is 1. The minimum absolute atomic E-state index is 0.146. The molecule has 5 nitrogen and oxygen atoms in total. The van der Waals surface area contributed by atoms with Crippen LogP contribution in [0.25, 0.3) is 0 Å². The summed E-state index contributed by atoms with van der Waals surface area (Å²) in [4.78, 5) is 26.1. The van der Waals surface area contributed by atoms with Crippen LogP contribution in [0.4, 0.5) is 5.69 Å². The van der Waals surface area contributed by atoms with Crippen LogP contribution in [0.3, 0.4) is 0 Å². The van der Waals surface area contributed by atoms with Crippen LogP contribution in [0.1, 0.15) is 19.8 Å². The van der Waals surface area contributed by atoms with Gasteiger partial charge in [-0.15, -0.1) is 0 Å². The molecule has 2 rings (SSSR count). The topological polar surface area (TPSA) is 69.6 Å². The molecule has 0 aliphatic carbocycles. The summed E-state index contributed by atoms with van der Waals surface area (Å²) in [6, 6.07) is 4.55. The summed E-state index contributed by atoms with van der Waals surface area (Å²) in [5.74, 6) is -1.41. The lowest BCUT2D eigenvalue weighted by Crippen LogP contribution is -2.43. The van der Waals surface area contributed by atoms with Crippen LogP contribution in [0.2, 0.25) is 10.0 Å². The van der Waals surface area contributed by atoms with Gasteiger partial charge in [0.1, 0.15) is 5.92 Å². The summed E-state index contributed by atoms with van der Waals surface area (Å²) in [6.45, 7) is 2.12. The van der Waals surface area contributed by atoms with Gasteiger partial charge in [-0.3, -0.25) is 9.59 Å². The van der Waals surface area contributed by atoms with Crippen LogP contribution in [0.5, 0.6) is 0 Å². The zero-order valence-corrected chi connectivity index (χ0v) is 13.7. The van der Waals surface area contributed by atoms with E-state index in [1.807, 2.05) is 6.92 Å². The van der Waals surface area contributed by atoms with Crippen molar-refractivity contribution < 1.29 is 14.7 Å². The zero-order chi connectivity index (χ0) is 16.3. The Hall–Kier alpha value is -1.30. The van der Waals surface area contributed by atoms with E-state index >= 15 is 0 Å². The first-order chi connectivity index (χ1) is 10.5. The molecule has 1 fully saturated rings. The number of benzene rings is 1. The van der Waals surface area contributed by atoms with Crippen LogP contribution >= 0.6 is 23.2 Å². The van der Waals surface area contributed by atoms with Gasteiger partial charge in [0.15, 0.2) is 0 Å². The molecule has 0 saturated carbocycles. The smallest absolute Gasteiger partial charge is 0.239 e. The van der Waals surface area contributed by atoms with E-state index in [4.69, 9.17) is 28.3 Å². The Kier molecular flexibility index (Phi) is 5.67. The predicted molar refractivity (Wildman–Crippen MR) is 86.2 cm³/mol. The summed E-state index contributed by atoms with van der Waals surface area (Å²) < 4.78 is 0. The number of hydrogen-bond acceptors (Lipinski definition) is 3. The van der Waals surface area contributed by atoms with Gasteiger partial charge in [-0.05, 0) is 31.0 Å². The van der Waals surface area contributed by atoms with Gasteiger partial charge in [-0.25, -0.2) is 0 Å². The molecule has 2 amide bonds. The standard InChI is InChI=1S/C15H18Cl2N2O3/c1-2-10(8-20)18-14(21)11-5-6-19(15(11)22)13-7-9(16)3-4-12(13)17/h3-4,7,10-11,20H,2,5-6,8H2,1H3,(H,18,21). The van der Waals surface area contributed by atoms with Crippen molar-refractivity contribution in [1.82, 2.24) is 5.32 Å². The molecule has 120 valence electrons. The van der Waals surface area contributed by atoms with Gasteiger partial charge < -0.3 is 15.3 Å². The number of aliphatic hydroxyl groups is 1. The monoisotopic (exact) mass is 344 g/mol. The second kappa shape index (κ2) is 7.31. The van der Waals surface area contributed by atoms with Crippen molar-refractivity contribution in [2.75, 3.05) is 18.1 Å². The van der Waals surface area contributed by atoms with E-state index in [0.717, 1.165) is 0 Å². The van der Waals surface area contributed by atoms with E-state index in [2.05, 4.69) is 5.32 Å². The van der Waals surface area contributed by atoms with Crippen LogP contribution in [-0.4, -0.2) is 36.1 Å². The number of anilines is 1. The van der Waals surface area contributed by atoms with Crippen LogP contribution in [-0.2, 0) is 9.59 Å². The largest absolute Gasteiger partial charge is 0.394 e. The SMILES string of the molecule is CCC(CO)NC(=O)C1CCN(c2cc(Cl)ccc2Cl)C1=O. The van der Waals surface area contributed by atoms with E-state index in [1.54, 1.807) is 18.2 Å². The molecule has 1 aliphatic heterocycles. The van der Waals surface area contributed by atoms with Gasteiger partial charge in [0.05, 0.1) is 23.4 Å². The van der Waals surface area contributed by atoms with Crippen LogP contribution in [0.15, 0.2) is 18.2 Å². The average molecular weight is 345 g/mol. The van der Waals surface area contributed by atoms with Gasteiger partial charge in [0, 0.05) is 11.6 Å². The van der Waals surface area contributed by atoms with Crippen molar-refractivity contribution in [3.63, 3.8) is 0 Å². The van der Waals surface area contributed by atoms with Gasteiger partial charge in [0.2, 0.25) is 11.8 Å². The number of carbonyl (C=O) groups is 2. The first-order valence-electron chi connectivity index (χ1n) is 7.15. The molecule has 1 heterocycles. The fourth-order valence-corrected chi connectivity index (χ4v) is 2.82. The lowest BCUT2D eigenvalue weighted by molar-refractivity contribution is -0.132. The Balaban J connectivity index is 2.12. The Labute approximate surface area is 139 Å². The minimum Gasteiger partial charge on any atom is -0.394 e. The molecule has 1 saturated heterocycles. The van der Waals surface area contributed by atoms with Crippen LogP contribution < -0.4 is 10.2 Å². The van der Waals surface area contributed by atoms with Crippen molar-refractivity contribution in [2.45, 2.75) is 25.8 Å². The van der Waals surface area contributed by atoms with Crippen molar-refractivity contribution in [2.24, 2.45) is 5.92 Å². The summed E-state index contributed by atoms with van der Waals surface area (Å²) in [5.41, 5.74) is 0.517. The summed E-state index contributed by atoms with van der Waals surface area (Å²) in [7, 11) is 0. The fraction of sp³-hybridized carbons (Fsp3) is 0.467. The summed E-state index contributed by atoms with van der Waals surface area (Å²) in [5, 5.41) is 12.7. The maximum Gasteiger partial charge on any atom is 0.239 e. The number of amides is 2. The predicted octanol–water partition coefficient (Wildman–Crippen LogP) is 2.23. The molecule has 7 heteroatoms. The molecule has 1 aliphatic rings. The molecule has 0 bridgehead atoms. The van der Waals surface area contributed by atoms with Gasteiger partial charge in [-0.2, -0.15) is 0 Å². The van der Waals surface area contributed by atoms with Crippen molar-refractivity contribution in [3.05, 3.63) is 28.2 Å². The Morgan fingerprint density at radius 2 is 2.23 bits per heavy atom. The Morgan fingerprint density at radius 1 is 1.50 bits per heavy atom. The fourth-order valence-electron chi connectivity index (χ4n) is 2.43. The van der Waals surface area contributed by atoms with E-state index in [-0.39, 0.29) is 24.5 Å². The maximum atomic E-state index is 12.5. The van der Waals surface area contributed by atoms with Crippen LogP contribution in [0, 0.1) is 5.92 Å². The van der Waals surface area contributed by atoms with Gasteiger partial charge in [-0.1, -0.05) is 30.1 Å². The third-order valence-electron chi connectivity index (χ3n) is 3.78. The van der Waals surface area contributed by atoms with Crippen molar-refractivity contribution in [1.29, 1.82) is 0 Å². The molecule has 22 heavy (non-hydrogen) atoms. The highest BCUT2D eigenvalue weighted by atomic mass is 35.5. The van der Waals surface area contributed by atoms with Gasteiger partial charge in [0.25, 0.3) is 0 Å². The summed E-state index contributed by atoms with van der Waals surface area (Å²) >= 11 is 12.1. The van der Waals surface area contributed by atoms with E-state index in [1.165, 1.54) is 4.90 Å². The zero-order valence-electron chi connectivity index (χ0n) is 12.2. The highest BCUT2D eigenvalue weighted by Gasteiger charge is 2.38. The number of aliphatic hydroxyl groups excluding tert-OH is 1. The molecule has 2 atom stereocenters. The first-order valence-corrected chi connectivity index (χ1v) is 7.91. The molecule has 2 unspecified atom stereocenters. The molecule has 0 spiro atoms. The lowest BCUT2D eigenvalue weighted by atomic mass is 10.1. The van der Waals surface area contributed by atoms with E-state index in [9.17, 15) is 9.59 Å². The molecule has 1 aromatic rings. The molecule has 1 aromatic carbocycles. The first kappa shape index (κ1) is 17.1. The molecular formula is C15H18Cl2N2O3. The van der Waals surface area contributed by atoms with Crippen molar-refractivity contribution in [3.8, 4) is 0 Å². The summed E-state index contributed by atoms with van der Waals surface area (Å²) in [6.07, 6.45) is 1.02. The average Bonchev–Trinajstić information content (AvgIpc) is 2.88. The minimum atomic E-state index is -0.754. The second-order valence-corrected chi connectivity index (χ2v) is 6.07. The molecular weight excluding hydrogens is 327 g/mol. The highest BCUT2D eigenvalue weighted by Crippen LogP contribution is 2.33. The number of nitrogens with zero attached hydrogens (tertiary/aromatic N) is 1. The normalized spacial score (nSPS) is 19.4. The highest BCUT2D eigenvalue weighted by molar-refractivity contribution is 6.36. The molecule has 2 N–H and O–H groups in total. The van der Waals surface area contributed by atoms with E-state index < -0.39 is 5.92 Å². The third kappa shape index (κ3) is 3.54. The van der Waals surface area contributed by atoms with E-state index in [0.29, 0.717) is 35.1 Å². The number of hydrogen-bond donors (Lipinski definition) is 2. The van der Waals surface area contributed by atoms with Crippen molar-refractivity contribution >= 4 is 40.7 Å². The molecule has 0 radical (unpaired) electrons. The number of halogens is 2.